The Morgan fingerprint density at radius 1 is 1.15 bits per heavy atom. The summed E-state index contributed by atoms with van der Waals surface area (Å²) in [7, 11) is 0. The van der Waals surface area contributed by atoms with Crippen molar-refractivity contribution in [3.05, 3.63) is 58.6 Å². The van der Waals surface area contributed by atoms with E-state index in [0.29, 0.717) is 42.4 Å². The number of ether oxygens (including phenoxy) is 1. The van der Waals surface area contributed by atoms with Crippen molar-refractivity contribution in [2.75, 3.05) is 31.1 Å². The lowest BCUT2D eigenvalue weighted by Crippen LogP contribution is -2.64. The van der Waals surface area contributed by atoms with Crippen LogP contribution in [0.5, 0.6) is 5.75 Å². The first kappa shape index (κ1) is 23.9. The number of hydrogen-bond acceptors (Lipinski definition) is 5. The number of benzene rings is 2. The van der Waals surface area contributed by atoms with Crippen LogP contribution in [0.15, 0.2) is 36.4 Å². The summed E-state index contributed by atoms with van der Waals surface area (Å²) < 4.78 is 32.5. The van der Waals surface area contributed by atoms with Gasteiger partial charge in [0.25, 0.3) is 5.91 Å². The first-order chi connectivity index (χ1) is 16.3. The summed E-state index contributed by atoms with van der Waals surface area (Å²) in [4.78, 5) is 39.9. The molecular weight excluding hydrogens is 470 g/mol. The van der Waals surface area contributed by atoms with Crippen molar-refractivity contribution in [1.82, 2.24) is 16.0 Å². The van der Waals surface area contributed by atoms with Crippen molar-refractivity contribution in [2.24, 2.45) is 0 Å². The van der Waals surface area contributed by atoms with Crippen LogP contribution in [0.2, 0.25) is 5.02 Å². The molecule has 2 heterocycles. The Balaban J connectivity index is 1.47. The number of hydrogen-bond donors (Lipinski definition) is 3. The third-order valence-corrected chi connectivity index (χ3v) is 6.13. The van der Waals surface area contributed by atoms with Gasteiger partial charge in [-0.15, -0.1) is 0 Å². The number of piperidine rings is 1. The second-order valence-corrected chi connectivity index (χ2v) is 8.62. The van der Waals surface area contributed by atoms with Crippen LogP contribution in [0.25, 0.3) is 0 Å². The van der Waals surface area contributed by atoms with E-state index in [1.54, 1.807) is 12.1 Å². The number of carbonyl (C=O) groups is 3. The number of anilines is 1. The second kappa shape index (κ2) is 9.94. The zero-order valence-electron chi connectivity index (χ0n) is 18.1. The van der Waals surface area contributed by atoms with Crippen molar-refractivity contribution in [1.29, 1.82) is 0 Å². The molecule has 0 atom stereocenters. The van der Waals surface area contributed by atoms with Crippen LogP contribution in [0, 0.1) is 11.6 Å². The summed E-state index contributed by atoms with van der Waals surface area (Å²) in [5.41, 5.74) is -0.752. The molecule has 3 amide bonds. The summed E-state index contributed by atoms with van der Waals surface area (Å²) >= 11 is 6.05. The molecule has 3 N–H and O–H groups in total. The van der Waals surface area contributed by atoms with Crippen LogP contribution in [-0.4, -0.2) is 49.5 Å². The molecule has 1 saturated heterocycles. The van der Waals surface area contributed by atoms with Crippen LogP contribution in [0.3, 0.4) is 0 Å². The lowest BCUT2D eigenvalue weighted by atomic mass is 9.87. The fourth-order valence-electron chi connectivity index (χ4n) is 4.07. The SMILES string of the molecule is O=C(CN1C(=O)COc2ccc(Cl)cc21)NC1(C(=O)NCc2ccc(F)cc2F)CCNCC1. The van der Waals surface area contributed by atoms with E-state index < -0.39 is 34.9 Å². The Labute approximate surface area is 199 Å². The molecule has 2 aromatic carbocycles. The number of halogens is 3. The minimum absolute atomic E-state index is 0.123. The van der Waals surface area contributed by atoms with Crippen molar-refractivity contribution < 1.29 is 27.9 Å². The van der Waals surface area contributed by atoms with Gasteiger partial charge in [-0.3, -0.25) is 19.3 Å². The van der Waals surface area contributed by atoms with E-state index in [1.807, 2.05) is 0 Å². The molecule has 1 fully saturated rings. The van der Waals surface area contributed by atoms with E-state index >= 15 is 0 Å². The number of rotatable bonds is 6. The van der Waals surface area contributed by atoms with Gasteiger partial charge in [0.1, 0.15) is 29.5 Å². The number of fused-ring (bicyclic) bond motifs is 1. The second-order valence-electron chi connectivity index (χ2n) is 8.18. The Morgan fingerprint density at radius 3 is 2.65 bits per heavy atom. The van der Waals surface area contributed by atoms with Gasteiger partial charge in [0.15, 0.2) is 6.61 Å². The summed E-state index contributed by atoms with van der Waals surface area (Å²) in [6.07, 6.45) is 0.603. The smallest absolute Gasteiger partial charge is 0.265 e. The third-order valence-electron chi connectivity index (χ3n) is 5.89. The average Bonchev–Trinajstić information content (AvgIpc) is 2.81. The molecule has 0 unspecified atom stereocenters. The Bertz CT molecular complexity index is 1120. The minimum Gasteiger partial charge on any atom is -0.482 e. The van der Waals surface area contributed by atoms with Gasteiger partial charge < -0.3 is 20.7 Å². The Kier molecular flexibility index (Phi) is 6.99. The molecule has 11 heteroatoms. The predicted molar refractivity (Wildman–Crippen MR) is 120 cm³/mol. The summed E-state index contributed by atoms with van der Waals surface area (Å²) in [5, 5.41) is 8.96. The minimum atomic E-state index is -1.24. The lowest BCUT2D eigenvalue weighted by molar-refractivity contribution is -0.134. The average molecular weight is 493 g/mol. The fourth-order valence-corrected chi connectivity index (χ4v) is 4.24. The molecule has 0 radical (unpaired) electrons. The van der Waals surface area contributed by atoms with Gasteiger partial charge in [-0.05, 0) is 50.2 Å². The number of amides is 3. The lowest BCUT2D eigenvalue weighted by Gasteiger charge is -2.38. The maximum Gasteiger partial charge on any atom is 0.265 e. The van der Waals surface area contributed by atoms with Crippen LogP contribution < -0.4 is 25.6 Å². The van der Waals surface area contributed by atoms with Crippen LogP contribution >= 0.6 is 11.6 Å². The molecule has 8 nitrogen and oxygen atoms in total. The highest BCUT2D eigenvalue weighted by atomic mass is 35.5. The molecular formula is C23H23ClF2N4O4. The molecule has 34 heavy (non-hydrogen) atoms. The predicted octanol–water partition coefficient (Wildman–Crippen LogP) is 1.90. The van der Waals surface area contributed by atoms with Crippen molar-refractivity contribution in [3.8, 4) is 5.75 Å². The van der Waals surface area contributed by atoms with E-state index in [0.717, 1.165) is 12.1 Å². The first-order valence-electron chi connectivity index (χ1n) is 10.7. The van der Waals surface area contributed by atoms with Crippen LogP contribution in [0.4, 0.5) is 14.5 Å². The van der Waals surface area contributed by atoms with Gasteiger partial charge in [0.05, 0.1) is 5.69 Å². The molecule has 180 valence electrons. The van der Waals surface area contributed by atoms with E-state index in [-0.39, 0.29) is 25.3 Å². The van der Waals surface area contributed by atoms with E-state index in [4.69, 9.17) is 16.3 Å². The molecule has 0 bridgehead atoms. The summed E-state index contributed by atoms with van der Waals surface area (Å²) in [6.45, 7) is 0.246. The molecule has 2 aliphatic heterocycles. The van der Waals surface area contributed by atoms with Gasteiger partial charge in [0, 0.05) is 23.2 Å². The van der Waals surface area contributed by atoms with Crippen molar-refractivity contribution in [3.63, 3.8) is 0 Å². The van der Waals surface area contributed by atoms with E-state index in [9.17, 15) is 23.2 Å². The van der Waals surface area contributed by atoms with Gasteiger partial charge in [-0.1, -0.05) is 17.7 Å². The summed E-state index contributed by atoms with van der Waals surface area (Å²) in [5.74, 6) is -2.50. The van der Waals surface area contributed by atoms with E-state index in [1.165, 1.54) is 17.0 Å². The molecule has 4 rings (SSSR count). The highest BCUT2D eigenvalue weighted by Gasteiger charge is 2.41. The Morgan fingerprint density at radius 2 is 1.91 bits per heavy atom. The number of carbonyl (C=O) groups excluding carboxylic acids is 3. The van der Waals surface area contributed by atoms with Crippen LogP contribution in [0.1, 0.15) is 18.4 Å². The quantitative estimate of drug-likeness (QED) is 0.572. The van der Waals surface area contributed by atoms with Crippen molar-refractivity contribution >= 4 is 35.0 Å². The van der Waals surface area contributed by atoms with Gasteiger partial charge in [-0.2, -0.15) is 0 Å². The number of nitrogens with zero attached hydrogens (tertiary/aromatic N) is 1. The maximum absolute atomic E-state index is 14.0. The normalized spacial score (nSPS) is 16.9. The monoisotopic (exact) mass is 492 g/mol. The zero-order valence-corrected chi connectivity index (χ0v) is 18.9. The molecule has 0 saturated carbocycles. The maximum atomic E-state index is 14.0. The molecule has 2 aliphatic rings. The molecule has 2 aromatic rings. The fraction of sp³-hybridized carbons (Fsp3) is 0.348. The Hall–Kier alpha value is -3.24. The molecule has 0 spiro atoms. The third kappa shape index (κ3) is 5.13. The highest BCUT2D eigenvalue weighted by molar-refractivity contribution is 6.31. The van der Waals surface area contributed by atoms with Gasteiger partial charge in [-0.25, -0.2) is 8.78 Å². The molecule has 0 aromatic heterocycles. The van der Waals surface area contributed by atoms with Crippen molar-refractivity contribution in [2.45, 2.75) is 24.9 Å². The van der Waals surface area contributed by atoms with E-state index in [2.05, 4.69) is 16.0 Å². The first-order valence-corrected chi connectivity index (χ1v) is 11.1. The van der Waals surface area contributed by atoms with Crippen LogP contribution in [-0.2, 0) is 20.9 Å². The number of nitrogens with one attached hydrogen (secondary N) is 3. The largest absolute Gasteiger partial charge is 0.482 e. The standard InChI is InChI=1S/C23H23ClF2N4O4/c24-15-2-4-19-18(9-15)30(21(32)13-34-19)12-20(31)29-23(5-7-27-8-6-23)22(33)28-11-14-1-3-16(25)10-17(14)26/h1-4,9-10,27H,5-8,11-13H2,(H,28,33)(H,29,31). The van der Waals surface area contributed by atoms with Gasteiger partial charge in [0.2, 0.25) is 11.8 Å². The highest BCUT2D eigenvalue weighted by Crippen LogP contribution is 2.34. The zero-order chi connectivity index (χ0) is 24.3. The molecule has 0 aliphatic carbocycles. The summed E-state index contributed by atoms with van der Waals surface area (Å²) in [6, 6.07) is 7.87. The topological polar surface area (TPSA) is 99.8 Å². The van der Waals surface area contributed by atoms with Gasteiger partial charge >= 0.3 is 0 Å².